The molecule has 0 atom stereocenters. The summed E-state index contributed by atoms with van der Waals surface area (Å²) in [5.41, 5.74) is 7.91. The fourth-order valence-corrected chi connectivity index (χ4v) is 3.67. The first-order chi connectivity index (χ1) is 13.1. The molecule has 0 unspecified atom stereocenters. The molecule has 0 bridgehead atoms. The maximum atomic E-state index is 12.7. The lowest BCUT2D eigenvalue weighted by Gasteiger charge is -2.01. The Morgan fingerprint density at radius 3 is 3.04 bits per heavy atom. The number of nitrogens with one attached hydrogen (secondary N) is 1. The van der Waals surface area contributed by atoms with E-state index in [1.807, 2.05) is 18.2 Å². The number of aromatic nitrogens is 4. The number of anilines is 1. The lowest BCUT2D eigenvalue weighted by molar-refractivity contribution is -0.115. The Bertz CT molecular complexity index is 1110. The molecule has 0 saturated heterocycles. The van der Waals surface area contributed by atoms with Crippen molar-refractivity contribution in [2.24, 2.45) is 5.73 Å². The van der Waals surface area contributed by atoms with Crippen molar-refractivity contribution in [3.05, 3.63) is 58.7 Å². The fraction of sp³-hybridized carbons (Fsp3) is 0.176. The van der Waals surface area contributed by atoms with Gasteiger partial charge in [0.05, 0.1) is 24.2 Å². The Labute approximate surface area is 156 Å². The topological polar surface area (TPSA) is 108 Å². The van der Waals surface area contributed by atoms with Crippen molar-refractivity contribution in [3.63, 3.8) is 0 Å². The molecule has 10 heteroatoms. The number of carbonyl (C=O) groups is 1. The molecule has 0 fully saturated rings. The van der Waals surface area contributed by atoms with Crippen molar-refractivity contribution in [1.29, 1.82) is 0 Å². The Morgan fingerprint density at radius 2 is 2.26 bits per heavy atom. The third kappa shape index (κ3) is 3.20. The largest absolute Gasteiger partial charge is 0.352 e. The predicted molar refractivity (Wildman–Crippen MR) is 99.5 cm³/mol. The molecule has 138 valence electrons. The van der Waals surface area contributed by atoms with Gasteiger partial charge in [-0.1, -0.05) is 23.5 Å². The highest BCUT2D eigenvalue weighted by Crippen LogP contribution is 2.32. The molecule has 27 heavy (non-hydrogen) atoms. The summed E-state index contributed by atoms with van der Waals surface area (Å²) in [5.74, 6) is -0.0229. The van der Waals surface area contributed by atoms with Crippen LogP contribution in [0.15, 0.2) is 47.4 Å². The lowest BCUT2D eigenvalue weighted by atomic mass is 10.1. The van der Waals surface area contributed by atoms with E-state index < -0.39 is 5.69 Å². The van der Waals surface area contributed by atoms with Gasteiger partial charge in [-0.3, -0.25) is 4.79 Å². The van der Waals surface area contributed by atoms with Gasteiger partial charge in [-0.05, 0) is 22.8 Å². The highest BCUT2D eigenvalue weighted by Gasteiger charge is 2.19. The van der Waals surface area contributed by atoms with Crippen molar-refractivity contribution < 1.29 is 9.18 Å². The normalized spacial score (nSPS) is 13.7. The van der Waals surface area contributed by atoms with Crippen LogP contribution in [0.4, 0.5) is 10.1 Å². The molecule has 0 spiro atoms. The second-order valence-corrected chi connectivity index (χ2v) is 7.03. The average Bonchev–Trinajstić information content (AvgIpc) is 3.37. The van der Waals surface area contributed by atoms with Crippen LogP contribution in [0, 0.1) is 0 Å². The summed E-state index contributed by atoms with van der Waals surface area (Å²) in [5, 5.41) is 7.26. The molecule has 3 N–H and O–H groups in total. The number of nitrogens with zero attached hydrogens (tertiary/aromatic N) is 4. The third-order valence-electron chi connectivity index (χ3n) is 4.22. The number of amides is 1. The molecule has 4 rings (SSSR count). The van der Waals surface area contributed by atoms with Gasteiger partial charge in [0.25, 0.3) is 0 Å². The number of benzene rings is 1. The van der Waals surface area contributed by atoms with E-state index in [-0.39, 0.29) is 24.6 Å². The van der Waals surface area contributed by atoms with E-state index in [0.717, 1.165) is 26.4 Å². The Balaban J connectivity index is 1.62. The molecule has 3 aromatic rings. The van der Waals surface area contributed by atoms with Gasteiger partial charge in [-0.15, -0.1) is 0 Å². The van der Waals surface area contributed by atoms with Crippen LogP contribution in [-0.2, 0) is 17.8 Å². The Kier molecular flexibility index (Phi) is 4.42. The molecule has 0 saturated carbocycles. The van der Waals surface area contributed by atoms with Gasteiger partial charge in [-0.2, -0.15) is 5.10 Å². The first-order valence-electron chi connectivity index (χ1n) is 8.11. The number of hydrogen-bond donors (Lipinski definition) is 2. The minimum Gasteiger partial charge on any atom is -0.327 e. The van der Waals surface area contributed by atoms with Gasteiger partial charge in [0.1, 0.15) is 6.33 Å². The van der Waals surface area contributed by atoms with Gasteiger partial charge in [-0.25, -0.2) is 23.4 Å². The first-order valence-corrected chi connectivity index (χ1v) is 8.92. The molecule has 1 aliphatic heterocycles. The van der Waals surface area contributed by atoms with Crippen molar-refractivity contribution in [3.8, 4) is 15.6 Å². The van der Waals surface area contributed by atoms with E-state index in [0.29, 0.717) is 17.9 Å². The minimum absolute atomic E-state index is 0.00602. The highest BCUT2D eigenvalue weighted by molar-refractivity contribution is 7.17. The monoisotopic (exact) mass is 386 g/mol. The molecule has 1 amide bonds. The fourth-order valence-electron chi connectivity index (χ4n) is 2.79. The number of carbonyl (C=O) groups excluding carboxylic acids is 1. The van der Waals surface area contributed by atoms with E-state index in [2.05, 4.69) is 15.4 Å². The second kappa shape index (κ2) is 6.89. The van der Waals surface area contributed by atoms with E-state index in [9.17, 15) is 14.0 Å². The van der Waals surface area contributed by atoms with Crippen LogP contribution in [0.5, 0.6) is 0 Å². The number of rotatable bonds is 5. The molecule has 0 radical (unpaired) electrons. The van der Waals surface area contributed by atoms with Gasteiger partial charge in [0.15, 0.2) is 5.13 Å². The zero-order chi connectivity index (χ0) is 19.0. The van der Waals surface area contributed by atoms with Crippen LogP contribution in [0.25, 0.3) is 15.6 Å². The summed E-state index contributed by atoms with van der Waals surface area (Å²) in [6.07, 6.45) is 3.78. The van der Waals surface area contributed by atoms with Crippen LogP contribution < -0.4 is 16.7 Å². The van der Waals surface area contributed by atoms with Gasteiger partial charge >= 0.3 is 5.69 Å². The summed E-state index contributed by atoms with van der Waals surface area (Å²) in [6.45, 7) is -0.00630. The van der Waals surface area contributed by atoms with E-state index in [1.165, 1.54) is 22.2 Å². The molecule has 3 heterocycles. The molecule has 1 aromatic carbocycles. The number of fused-ring (bicyclic) bond motifs is 1. The quantitative estimate of drug-likeness (QED) is 0.690. The zero-order valence-electron chi connectivity index (χ0n) is 14.1. The maximum absolute atomic E-state index is 12.7. The van der Waals surface area contributed by atoms with Crippen molar-refractivity contribution >= 4 is 22.9 Å². The minimum atomic E-state index is -0.426. The number of thiazole rings is 1. The number of halogens is 1. The van der Waals surface area contributed by atoms with Crippen molar-refractivity contribution in [2.45, 2.75) is 13.0 Å². The summed E-state index contributed by atoms with van der Waals surface area (Å²) < 4.78 is 15.1. The average molecular weight is 386 g/mol. The summed E-state index contributed by atoms with van der Waals surface area (Å²) >= 11 is 1.32. The molecule has 2 aromatic heterocycles. The predicted octanol–water partition coefficient (Wildman–Crippen LogP) is 1.46. The molecule has 0 aliphatic carbocycles. The van der Waals surface area contributed by atoms with Crippen molar-refractivity contribution in [1.82, 2.24) is 19.3 Å². The second-order valence-electron chi connectivity index (χ2n) is 6.02. The third-order valence-corrected chi connectivity index (χ3v) is 5.27. The van der Waals surface area contributed by atoms with Crippen LogP contribution >= 0.6 is 11.3 Å². The van der Waals surface area contributed by atoms with Gasteiger partial charge < -0.3 is 11.1 Å². The summed E-state index contributed by atoms with van der Waals surface area (Å²) in [6, 6.07) is 5.72. The van der Waals surface area contributed by atoms with Crippen LogP contribution in [0.2, 0.25) is 0 Å². The number of nitrogens with two attached hydrogens (primary N) is 1. The highest BCUT2D eigenvalue weighted by atomic mass is 32.1. The van der Waals surface area contributed by atoms with E-state index in [4.69, 9.17) is 5.73 Å². The van der Waals surface area contributed by atoms with Crippen molar-refractivity contribution in [2.75, 3.05) is 11.9 Å². The molecule has 1 aliphatic rings. The van der Waals surface area contributed by atoms with Crippen LogP contribution in [-0.4, -0.2) is 31.8 Å². The summed E-state index contributed by atoms with van der Waals surface area (Å²) in [7, 11) is 0. The van der Waals surface area contributed by atoms with Crippen LogP contribution in [0.1, 0.15) is 5.56 Å². The van der Waals surface area contributed by atoms with Gasteiger partial charge in [0, 0.05) is 18.4 Å². The SMILES string of the molecule is NC/C(=C\F)Cn1ncn(-c2ncc(-c3ccc4c(c3)NC(=O)C4)s2)c1=O. The first kappa shape index (κ1) is 17.3. The van der Waals surface area contributed by atoms with E-state index >= 15 is 0 Å². The lowest BCUT2D eigenvalue weighted by Crippen LogP contribution is -2.25. The standard InChI is InChI=1S/C17H15FN6O2S/c18-5-10(6-19)8-24-17(26)23(9-21-24)16-20-7-14(27-16)12-2-1-11-4-15(25)22-13(11)3-12/h1-3,5,7,9H,4,6,8,19H2,(H,22,25)/b10-5+. The zero-order valence-corrected chi connectivity index (χ0v) is 14.9. The smallest absolute Gasteiger partial charge is 0.327 e. The van der Waals surface area contributed by atoms with E-state index in [1.54, 1.807) is 6.20 Å². The van der Waals surface area contributed by atoms with Gasteiger partial charge in [0.2, 0.25) is 5.91 Å². The number of hydrogen-bond acceptors (Lipinski definition) is 6. The molecular weight excluding hydrogens is 371 g/mol. The molecular formula is C17H15FN6O2S. The summed E-state index contributed by atoms with van der Waals surface area (Å²) in [4.78, 5) is 29.1. The van der Waals surface area contributed by atoms with Crippen LogP contribution in [0.3, 0.4) is 0 Å². The maximum Gasteiger partial charge on any atom is 0.352 e. The Morgan fingerprint density at radius 1 is 1.41 bits per heavy atom. The Hall–Kier alpha value is -3.11. The molecule has 8 nitrogen and oxygen atoms in total.